The molecular weight excluding hydrogens is 370 g/mol. The number of rotatable bonds is 4. The molecule has 2 unspecified atom stereocenters. The van der Waals surface area contributed by atoms with Crippen molar-refractivity contribution in [1.29, 1.82) is 5.26 Å². The van der Waals surface area contributed by atoms with Crippen LogP contribution in [0.5, 0.6) is 0 Å². The maximum atomic E-state index is 12.2. The minimum Gasteiger partial charge on any atom is -0.315 e. The number of nitrogens with zero attached hydrogens (tertiary/aromatic N) is 3. The Hall–Kier alpha value is -1.85. The van der Waals surface area contributed by atoms with Crippen LogP contribution in [0, 0.1) is 11.3 Å². The Balaban J connectivity index is 2.13. The number of carbonyl (C=O) groups excluding carboxylic acids is 1. The third kappa shape index (κ3) is 3.51. The lowest BCUT2D eigenvalue weighted by Crippen LogP contribution is -2.39. The maximum Gasteiger partial charge on any atom is 0.262 e. The van der Waals surface area contributed by atoms with E-state index in [0.29, 0.717) is 5.17 Å². The summed E-state index contributed by atoms with van der Waals surface area (Å²) in [5.41, 5.74) is 3.18. The molecule has 0 saturated carbocycles. The van der Waals surface area contributed by atoms with Crippen molar-refractivity contribution in [3.8, 4) is 6.07 Å². The minimum absolute atomic E-state index is 0.0668. The van der Waals surface area contributed by atoms with Crippen molar-refractivity contribution < 1.29 is 13.2 Å². The fraction of sp³-hybridized carbons (Fsp3) is 0.500. The molecule has 2 aliphatic heterocycles. The van der Waals surface area contributed by atoms with Crippen molar-refractivity contribution in [2.45, 2.75) is 44.4 Å². The molecule has 2 aliphatic rings. The van der Waals surface area contributed by atoms with Gasteiger partial charge in [-0.05, 0) is 24.0 Å². The monoisotopic (exact) mass is 391 g/mol. The first kappa shape index (κ1) is 18.9. The lowest BCUT2D eigenvalue weighted by Gasteiger charge is -2.29. The molecule has 0 bridgehead atoms. The van der Waals surface area contributed by atoms with Crippen LogP contribution in [-0.2, 0) is 27.5 Å². The Kier molecular flexibility index (Phi) is 5.39. The van der Waals surface area contributed by atoms with Gasteiger partial charge < -0.3 is 4.90 Å². The Morgan fingerprint density at radius 1 is 1.31 bits per heavy atom. The average Bonchev–Trinajstić information content (AvgIpc) is 3.05. The van der Waals surface area contributed by atoms with Crippen LogP contribution in [0.2, 0.25) is 0 Å². The molecule has 1 amide bonds. The molecule has 0 radical (unpaired) electrons. The van der Waals surface area contributed by atoms with Gasteiger partial charge in [0.15, 0.2) is 15.0 Å². The Labute approximate surface area is 158 Å². The summed E-state index contributed by atoms with van der Waals surface area (Å²) >= 11 is 1.35. The van der Waals surface area contributed by atoms with Crippen molar-refractivity contribution in [2.24, 2.45) is 4.99 Å². The third-order valence-corrected chi connectivity index (χ3v) is 7.93. The fourth-order valence-electron chi connectivity index (χ4n) is 3.56. The molecule has 2 saturated heterocycles. The summed E-state index contributed by atoms with van der Waals surface area (Å²) in [6.45, 7) is 4.12. The number of benzene rings is 1. The largest absolute Gasteiger partial charge is 0.315 e. The topological polar surface area (TPSA) is 90.6 Å². The van der Waals surface area contributed by atoms with E-state index in [-0.39, 0.29) is 29.2 Å². The first-order valence-corrected chi connectivity index (χ1v) is 11.4. The molecule has 3 rings (SSSR count). The van der Waals surface area contributed by atoms with E-state index in [1.54, 1.807) is 0 Å². The van der Waals surface area contributed by atoms with Gasteiger partial charge in [-0.1, -0.05) is 43.8 Å². The van der Waals surface area contributed by atoms with Gasteiger partial charge in [-0.25, -0.2) is 8.42 Å². The van der Waals surface area contributed by atoms with Crippen molar-refractivity contribution in [2.75, 3.05) is 16.4 Å². The summed E-state index contributed by atoms with van der Waals surface area (Å²) in [5.74, 6) is -0.327. The van der Waals surface area contributed by atoms with Crippen LogP contribution in [-0.4, -0.2) is 42.3 Å². The predicted molar refractivity (Wildman–Crippen MR) is 104 cm³/mol. The molecule has 0 spiro atoms. The van der Waals surface area contributed by atoms with E-state index < -0.39 is 15.7 Å². The summed E-state index contributed by atoms with van der Waals surface area (Å²) < 4.78 is 24.3. The average molecular weight is 392 g/mol. The van der Waals surface area contributed by atoms with E-state index in [4.69, 9.17) is 5.26 Å². The number of amidine groups is 1. The van der Waals surface area contributed by atoms with Crippen molar-refractivity contribution in [3.63, 3.8) is 0 Å². The van der Waals surface area contributed by atoms with Gasteiger partial charge in [-0.15, -0.1) is 0 Å². The fourth-order valence-corrected chi connectivity index (χ4v) is 7.48. The van der Waals surface area contributed by atoms with Crippen LogP contribution >= 0.6 is 11.8 Å². The number of hydrogen-bond donors (Lipinski definition) is 0. The molecule has 2 heterocycles. The van der Waals surface area contributed by atoms with Gasteiger partial charge in [-0.3, -0.25) is 4.79 Å². The van der Waals surface area contributed by atoms with Crippen LogP contribution in [0.4, 0.5) is 5.69 Å². The quantitative estimate of drug-likeness (QED) is 0.782. The summed E-state index contributed by atoms with van der Waals surface area (Å²) in [6.07, 6.45) is 1.32. The highest BCUT2D eigenvalue weighted by Crippen LogP contribution is 2.43. The molecule has 0 aromatic heterocycles. The zero-order valence-corrected chi connectivity index (χ0v) is 16.4. The van der Waals surface area contributed by atoms with Gasteiger partial charge in [-0.2, -0.15) is 10.3 Å². The summed E-state index contributed by atoms with van der Waals surface area (Å²) in [5, 5.41) is 9.13. The number of aryl methyl sites for hydroxylation is 2. The molecule has 0 aliphatic carbocycles. The van der Waals surface area contributed by atoms with E-state index in [1.165, 1.54) is 11.8 Å². The lowest BCUT2D eigenvalue weighted by atomic mass is 10.0. The number of aliphatic imine (C=N–C) groups is 1. The number of para-hydroxylation sites is 1. The van der Waals surface area contributed by atoms with E-state index in [2.05, 4.69) is 18.8 Å². The second-order valence-electron chi connectivity index (χ2n) is 6.43. The third-order valence-electron chi connectivity index (χ3n) is 4.72. The number of hydrogen-bond acceptors (Lipinski definition) is 5. The molecule has 0 N–H and O–H groups in total. The SMILES string of the molecule is CCc1cccc(CC)c1N1C(=NC(=O)CC#N)SC2CS(=O)(=O)CC21. The molecule has 2 fully saturated rings. The minimum atomic E-state index is -3.10. The number of thioether (sulfide) groups is 1. The molecule has 1 aromatic rings. The summed E-state index contributed by atoms with van der Waals surface area (Å²) in [6, 6.07) is 7.67. The molecule has 8 heteroatoms. The molecule has 6 nitrogen and oxygen atoms in total. The highest BCUT2D eigenvalue weighted by atomic mass is 32.2. The first-order chi connectivity index (χ1) is 12.4. The number of nitriles is 1. The zero-order chi connectivity index (χ0) is 18.9. The number of anilines is 1. The van der Waals surface area contributed by atoms with E-state index in [9.17, 15) is 13.2 Å². The van der Waals surface area contributed by atoms with Crippen LogP contribution in [0.3, 0.4) is 0 Å². The van der Waals surface area contributed by atoms with Crippen molar-refractivity contribution >= 4 is 38.4 Å². The standard InChI is InChI=1S/C18H21N3O3S2/c1-3-12-6-5-7-13(4-2)17(12)21-14-10-26(23,24)11-15(14)25-18(21)20-16(22)8-9-19/h5-7,14-15H,3-4,8,10-11H2,1-2H3. The number of carbonyl (C=O) groups is 1. The van der Waals surface area contributed by atoms with E-state index in [0.717, 1.165) is 29.7 Å². The van der Waals surface area contributed by atoms with Gasteiger partial charge in [0.25, 0.3) is 5.91 Å². The van der Waals surface area contributed by atoms with E-state index >= 15 is 0 Å². The number of fused-ring (bicyclic) bond motifs is 1. The Morgan fingerprint density at radius 2 is 1.96 bits per heavy atom. The Morgan fingerprint density at radius 3 is 2.54 bits per heavy atom. The molecular formula is C18H21N3O3S2. The highest BCUT2D eigenvalue weighted by molar-refractivity contribution is 8.16. The maximum absolute atomic E-state index is 12.2. The van der Waals surface area contributed by atoms with Crippen LogP contribution in [0.1, 0.15) is 31.4 Å². The Bertz CT molecular complexity index is 880. The van der Waals surface area contributed by atoms with Gasteiger partial charge in [0, 0.05) is 10.9 Å². The second-order valence-corrected chi connectivity index (χ2v) is 9.79. The van der Waals surface area contributed by atoms with Crippen LogP contribution in [0.15, 0.2) is 23.2 Å². The van der Waals surface area contributed by atoms with Gasteiger partial charge in [0.2, 0.25) is 0 Å². The molecule has 138 valence electrons. The number of amides is 1. The molecule has 26 heavy (non-hydrogen) atoms. The highest BCUT2D eigenvalue weighted by Gasteiger charge is 2.50. The summed E-state index contributed by atoms with van der Waals surface area (Å²) in [7, 11) is -3.10. The normalized spacial score (nSPS) is 25.3. The van der Waals surface area contributed by atoms with Gasteiger partial charge >= 0.3 is 0 Å². The lowest BCUT2D eigenvalue weighted by molar-refractivity contribution is -0.116. The van der Waals surface area contributed by atoms with Gasteiger partial charge in [0.05, 0.1) is 23.6 Å². The summed E-state index contributed by atoms with van der Waals surface area (Å²) in [4.78, 5) is 18.1. The predicted octanol–water partition coefficient (Wildman–Crippen LogP) is 2.33. The van der Waals surface area contributed by atoms with Crippen molar-refractivity contribution in [1.82, 2.24) is 0 Å². The molecule has 2 atom stereocenters. The van der Waals surface area contributed by atoms with Crippen molar-refractivity contribution in [3.05, 3.63) is 29.3 Å². The zero-order valence-electron chi connectivity index (χ0n) is 14.8. The number of sulfone groups is 1. The smallest absolute Gasteiger partial charge is 0.262 e. The van der Waals surface area contributed by atoms with E-state index in [1.807, 2.05) is 29.2 Å². The second kappa shape index (κ2) is 7.41. The van der Waals surface area contributed by atoms with Crippen LogP contribution < -0.4 is 4.90 Å². The van der Waals surface area contributed by atoms with Gasteiger partial charge in [0.1, 0.15) is 6.42 Å². The first-order valence-electron chi connectivity index (χ1n) is 8.65. The molecule has 1 aromatic carbocycles. The van der Waals surface area contributed by atoms with Crippen LogP contribution in [0.25, 0.3) is 0 Å².